The highest BCUT2D eigenvalue weighted by molar-refractivity contribution is 7.80. The third kappa shape index (κ3) is 3.62. The fourth-order valence-corrected chi connectivity index (χ4v) is 1.79. The number of carbonyl (C=O) groups excluding carboxylic acids is 1. The molecule has 1 rings (SSSR count). The van der Waals surface area contributed by atoms with Crippen molar-refractivity contribution in [2.45, 2.75) is 18.5 Å². The molecule has 7 nitrogen and oxygen atoms in total. The van der Waals surface area contributed by atoms with Gasteiger partial charge in [-0.3, -0.25) is 9.59 Å². The quantitative estimate of drug-likeness (QED) is 0.235. The number of carboxylic acids is 1. The molecule has 0 aliphatic carbocycles. The van der Waals surface area contributed by atoms with E-state index >= 15 is 0 Å². The Balaban J connectivity index is 3.23. The summed E-state index contributed by atoms with van der Waals surface area (Å²) in [5.41, 5.74) is 11.2. The molecule has 0 aliphatic rings. The van der Waals surface area contributed by atoms with Gasteiger partial charge in [-0.1, -0.05) is 0 Å². The predicted octanol–water partition coefficient (Wildman–Crippen LogP) is -0.508. The van der Waals surface area contributed by atoms with Gasteiger partial charge < -0.3 is 26.8 Å². The fraction of sp³-hybridized carbons (Fsp3) is 0.333. The minimum atomic E-state index is -1.24. The maximum absolute atomic E-state index is 12.1. The number of hydrogen-bond donors (Lipinski definition) is 6. The maximum Gasteiger partial charge on any atom is 0.320 e. The number of rotatable bonds is 6. The van der Waals surface area contributed by atoms with Crippen LogP contribution in [0.4, 0.5) is 0 Å². The van der Waals surface area contributed by atoms with Gasteiger partial charge in [-0.2, -0.15) is 12.6 Å². The Hall–Kier alpha value is -1.77. The fourth-order valence-electron chi connectivity index (χ4n) is 1.63. The zero-order valence-electron chi connectivity index (χ0n) is 10.5. The van der Waals surface area contributed by atoms with Gasteiger partial charge in [-0.05, 0) is 24.1 Å². The van der Waals surface area contributed by atoms with Crippen molar-refractivity contribution in [1.82, 2.24) is 0 Å². The number of carbonyl (C=O) groups is 2. The zero-order valence-corrected chi connectivity index (χ0v) is 11.4. The molecular weight excluding hydrogens is 284 g/mol. The molecule has 7 N–H and O–H groups in total. The molecule has 1 aromatic carbocycles. The third-order valence-corrected chi connectivity index (χ3v) is 3.15. The second-order valence-corrected chi connectivity index (χ2v) is 4.67. The molecule has 0 aliphatic heterocycles. The molecule has 0 spiro atoms. The smallest absolute Gasteiger partial charge is 0.320 e. The van der Waals surface area contributed by atoms with Gasteiger partial charge >= 0.3 is 5.97 Å². The van der Waals surface area contributed by atoms with E-state index in [9.17, 15) is 19.8 Å². The molecule has 1 unspecified atom stereocenters. The van der Waals surface area contributed by atoms with E-state index < -0.39 is 35.3 Å². The summed E-state index contributed by atoms with van der Waals surface area (Å²) in [5, 5.41) is 27.7. The Morgan fingerprint density at radius 2 is 1.70 bits per heavy atom. The number of carboxylic acid groups (broad SMARTS) is 1. The number of ketones is 1. The number of benzene rings is 1. The van der Waals surface area contributed by atoms with E-state index in [2.05, 4.69) is 12.6 Å². The lowest BCUT2D eigenvalue weighted by molar-refractivity contribution is -0.138. The molecule has 20 heavy (non-hydrogen) atoms. The third-order valence-electron chi connectivity index (χ3n) is 2.76. The van der Waals surface area contributed by atoms with Gasteiger partial charge in [0.15, 0.2) is 17.3 Å². The van der Waals surface area contributed by atoms with Crippen LogP contribution in [0.1, 0.15) is 15.9 Å². The molecule has 0 amide bonds. The van der Waals surface area contributed by atoms with Crippen molar-refractivity contribution in [3.63, 3.8) is 0 Å². The van der Waals surface area contributed by atoms with Crippen molar-refractivity contribution in [2.24, 2.45) is 11.5 Å². The average molecular weight is 300 g/mol. The highest BCUT2D eigenvalue weighted by Gasteiger charge is 2.23. The van der Waals surface area contributed by atoms with E-state index in [4.69, 9.17) is 16.6 Å². The molecule has 110 valence electrons. The summed E-state index contributed by atoms with van der Waals surface area (Å²) in [6, 6.07) is 0.0152. The Morgan fingerprint density at radius 3 is 2.20 bits per heavy atom. The molecule has 0 radical (unpaired) electrons. The van der Waals surface area contributed by atoms with E-state index in [1.165, 1.54) is 0 Å². The summed E-state index contributed by atoms with van der Waals surface area (Å²) < 4.78 is 0. The van der Waals surface area contributed by atoms with E-state index in [0.717, 1.165) is 12.1 Å². The first-order valence-corrected chi connectivity index (χ1v) is 6.35. The molecule has 0 bridgehead atoms. The van der Waals surface area contributed by atoms with Crippen LogP contribution in [0.25, 0.3) is 0 Å². The summed E-state index contributed by atoms with van der Waals surface area (Å²) >= 11 is 3.91. The number of aromatic hydroxyl groups is 2. The summed E-state index contributed by atoms with van der Waals surface area (Å²) in [6.45, 7) is 0. The number of hydrogen-bond acceptors (Lipinski definition) is 7. The van der Waals surface area contributed by atoms with E-state index in [1.54, 1.807) is 0 Å². The Kier molecular flexibility index (Phi) is 5.37. The molecule has 2 atom stereocenters. The van der Waals surface area contributed by atoms with Gasteiger partial charge in [-0.15, -0.1) is 0 Å². The first-order chi connectivity index (χ1) is 9.27. The maximum atomic E-state index is 12.1. The van der Waals surface area contributed by atoms with Crippen LogP contribution in [-0.4, -0.2) is 44.9 Å². The lowest BCUT2D eigenvalue weighted by Gasteiger charge is -2.15. The normalized spacial score (nSPS) is 13.8. The first kappa shape index (κ1) is 16.3. The van der Waals surface area contributed by atoms with Crippen molar-refractivity contribution in [1.29, 1.82) is 0 Å². The van der Waals surface area contributed by atoms with Gasteiger partial charge in [0.2, 0.25) is 0 Å². The van der Waals surface area contributed by atoms with Crippen LogP contribution < -0.4 is 11.5 Å². The van der Waals surface area contributed by atoms with Crippen molar-refractivity contribution in [3.8, 4) is 11.5 Å². The predicted molar refractivity (Wildman–Crippen MR) is 75.2 cm³/mol. The highest BCUT2D eigenvalue weighted by Crippen LogP contribution is 2.29. The second-order valence-electron chi connectivity index (χ2n) is 4.30. The van der Waals surface area contributed by atoms with Crippen LogP contribution in [0.15, 0.2) is 12.1 Å². The number of nitrogens with two attached hydrogens (primary N) is 2. The number of thiol groups is 1. The molecule has 0 heterocycles. The summed E-state index contributed by atoms with van der Waals surface area (Å²) in [7, 11) is 0. The van der Waals surface area contributed by atoms with Gasteiger partial charge in [-0.25, -0.2) is 0 Å². The zero-order chi connectivity index (χ0) is 15.4. The number of phenolic OH excluding ortho intramolecular Hbond substituents is 2. The number of Topliss-reactive ketones (excluding diaryl/α,β-unsaturated/α-hetero) is 1. The van der Waals surface area contributed by atoms with Crippen LogP contribution in [-0.2, 0) is 11.2 Å². The molecule has 0 saturated carbocycles. The Morgan fingerprint density at radius 1 is 1.15 bits per heavy atom. The average Bonchev–Trinajstić information content (AvgIpc) is 2.40. The molecular formula is C12H16N2O5S. The number of aliphatic carboxylic acids is 1. The topological polar surface area (TPSA) is 147 Å². The molecule has 0 fully saturated rings. The monoisotopic (exact) mass is 300 g/mol. The van der Waals surface area contributed by atoms with Gasteiger partial charge in [0.1, 0.15) is 6.04 Å². The largest absolute Gasteiger partial charge is 0.504 e. The van der Waals surface area contributed by atoms with Crippen LogP contribution in [0.3, 0.4) is 0 Å². The molecule has 8 heteroatoms. The summed E-state index contributed by atoms with van der Waals surface area (Å²) in [6.07, 6.45) is -0.177. The second kappa shape index (κ2) is 6.60. The van der Waals surface area contributed by atoms with Crippen molar-refractivity contribution < 1.29 is 24.9 Å². The lowest BCUT2D eigenvalue weighted by atomic mass is 9.94. The van der Waals surface area contributed by atoms with E-state index in [0.29, 0.717) is 0 Å². The van der Waals surface area contributed by atoms with Crippen molar-refractivity contribution >= 4 is 24.4 Å². The minimum absolute atomic E-state index is 0.0264. The summed E-state index contributed by atoms with van der Waals surface area (Å²) in [5.74, 6) is -2.62. The van der Waals surface area contributed by atoms with Crippen molar-refractivity contribution in [3.05, 3.63) is 23.3 Å². The van der Waals surface area contributed by atoms with Crippen molar-refractivity contribution in [2.75, 3.05) is 5.75 Å². The summed E-state index contributed by atoms with van der Waals surface area (Å²) in [4.78, 5) is 22.8. The SMILES string of the molecule is NC(Cc1cc(O)c(O)cc1C(=O)[C@H](N)CS)C(=O)O. The Bertz CT molecular complexity index is 535. The number of phenols is 2. The van der Waals surface area contributed by atoms with Crippen LogP contribution in [0, 0.1) is 0 Å². The first-order valence-electron chi connectivity index (χ1n) is 5.71. The van der Waals surface area contributed by atoms with Gasteiger partial charge in [0, 0.05) is 11.3 Å². The minimum Gasteiger partial charge on any atom is -0.504 e. The standard InChI is InChI=1S/C12H16N2O5S/c13-7(12(18)19)1-5-2-9(15)10(16)3-6(5)11(17)8(14)4-20/h2-3,7-8,15-16,20H,1,4,13-14H2,(H,18,19)/t7?,8-/m1/s1. The van der Waals surface area contributed by atoms with E-state index in [-0.39, 0.29) is 23.3 Å². The van der Waals surface area contributed by atoms with Crippen LogP contribution in [0.5, 0.6) is 11.5 Å². The van der Waals surface area contributed by atoms with Gasteiger partial charge in [0.25, 0.3) is 0 Å². The molecule has 0 aromatic heterocycles. The van der Waals surface area contributed by atoms with Crippen LogP contribution in [0.2, 0.25) is 0 Å². The van der Waals surface area contributed by atoms with E-state index in [1.807, 2.05) is 0 Å². The Labute approximate surface area is 120 Å². The lowest BCUT2D eigenvalue weighted by Crippen LogP contribution is -2.35. The molecule has 0 saturated heterocycles. The van der Waals surface area contributed by atoms with Crippen LogP contribution >= 0.6 is 12.6 Å². The molecule has 1 aromatic rings. The highest BCUT2D eigenvalue weighted by atomic mass is 32.1. The van der Waals surface area contributed by atoms with Gasteiger partial charge in [0.05, 0.1) is 6.04 Å².